The van der Waals surface area contributed by atoms with Crippen LogP contribution in [0, 0.1) is 0 Å². The Kier molecular flexibility index (Phi) is 5.52. The molecule has 0 unspecified atom stereocenters. The minimum Gasteiger partial charge on any atom is -0.465 e. The lowest BCUT2D eigenvalue weighted by molar-refractivity contribution is -0.116. The molecule has 27 heavy (non-hydrogen) atoms. The summed E-state index contributed by atoms with van der Waals surface area (Å²) in [6.45, 7) is 0.181. The number of fused-ring (bicyclic) bond motifs is 1. The van der Waals surface area contributed by atoms with E-state index in [1.807, 2.05) is 0 Å². The van der Waals surface area contributed by atoms with Crippen LogP contribution in [0.3, 0.4) is 0 Å². The van der Waals surface area contributed by atoms with Gasteiger partial charge in [0.25, 0.3) is 5.56 Å². The number of nitrogens with zero attached hydrogens (tertiary/aromatic N) is 2. The van der Waals surface area contributed by atoms with Crippen molar-refractivity contribution in [3.05, 3.63) is 69.7 Å². The van der Waals surface area contributed by atoms with Crippen molar-refractivity contribution in [2.75, 3.05) is 12.4 Å². The van der Waals surface area contributed by atoms with Crippen molar-refractivity contribution < 1.29 is 14.3 Å². The van der Waals surface area contributed by atoms with E-state index in [1.165, 1.54) is 30.1 Å². The number of esters is 1. The van der Waals surface area contributed by atoms with Crippen molar-refractivity contribution in [2.45, 2.75) is 13.0 Å². The van der Waals surface area contributed by atoms with Gasteiger partial charge in [0.05, 0.1) is 34.9 Å². The number of halogens is 1. The summed E-state index contributed by atoms with van der Waals surface area (Å²) in [6, 6.07) is 11.5. The maximum atomic E-state index is 12.4. The number of methoxy groups -OCH3 is 1. The second kappa shape index (κ2) is 8.01. The van der Waals surface area contributed by atoms with Crippen LogP contribution in [0.25, 0.3) is 10.9 Å². The highest BCUT2D eigenvalue weighted by Gasteiger charge is 2.13. The molecule has 0 aliphatic rings. The lowest BCUT2D eigenvalue weighted by Gasteiger charge is -2.09. The first-order valence-corrected chi connectivity index (χ1v) is 8.49. The van der Waals surface area contributed by atoms with E-state index >= 15 is 0 Å². The van der Waals surface area contributed by atoms with Crippen LogP contribution < -0.4 is 10.9 Å². The number of aryl methyl sites for hydroxylation is 1. The van der Waals surface area contributed by atoms with E-state index in [4.69, 9.17) is 11.6 Å². The molecular formula is C19H16ClN3O4. The lowest BCUT2D eigenvalue weighted by atomic mass is 10.2. The first-order chi connectivity index (χ1) is 13.0. The Morgan fingerprint density at radius 1 is 1.22 bits per heavy atom. The molecule has 3 aromatic rings. The second-order valence-electron chi connectivity index (χ2n) is 5.74. The molecule has 0 bridgehead atoms. The molecule has 138 valence electrons. The van der Waals surface area contributed by atoms with Gasteiger partial charge >= 0.3 is 5.97 Å². The normalized spacial score (nSPS) is 10.6. The molecular weight excluding hydrogens is 370 g/mol. The Balaban J connectivity index is 1.69. The van der Waals surface area contributed by atoms with Crippen LogP contribution in [0.4, 0.5) is 5.69 Å². The van der Waals surface area contributed by atoms with Gasteiger partial charge in [-0.15, -0.1) is 0 Å². The molecule has 0 atom stereocenters. The molecule has 0 aliphatic carbocycles. The number of rotatable bonds is 5. The van der Waals surface area contributed by atoms with Gasteiger partial charge in [0.15, 0.2) is 0 Å². The number of hydrogen-bond acceptors (Lipinski definition) is 5. The summed E-state index contributed by atoms with van der Waals surface area (Å²) in [6.07, 6.45) is 1.49. The topological polar surface area (TPSA) is 90.3 Å². The molecule has 1 amide bonds. The quantitative estimate of drug-likeness (QED) is 0.682. The first kappa shape index (κ1) is 18.6. The number of ether oxygens (including phenoxy) is 1. The van der Waals surface area contributed by atoms with E-state index in [9.17, 15) is 14.4 Å². The number of carbonyl (C=O) groups is 2. The molecule has 0 fully saturated rings. The van der Waals surface area contributed by atoms with Crippen molar-refractivity contribution in [1.82, 2.24) is 9.55 Å². The number of hydrogen-bond donors (Lipinski definition) is 1. The molecule has 1 aromatic heterocycles. The fourth-order valence-corrected chi connectivity index (χ4v) is 2.77. The van der Waals surface area contributed by atoms with Gasteiger partial charge in [-0.2, -0.15) is 0 Å². The molecule has 0 saturated carbocycles. The van der Waals surface area contributed by atoms with Crippen molar-refractivity contribution in [3.8, 4) is 0 Å². The van der Waals surface area contributed by atoms with Gasteiger partial charge < -0.3 is 10.1 Å². The molecule has 3 rings (SSSR count). The van der Waals surface area contributed by atoms with E-state index in [-0.39, 0.29) is 35.0 Å². The Morgan fingerprint density at radius 2 is 2.00 bits per heavy atom. The zero-order valence-electron chi connectivity index (χ0n) is 14.4. The van der Waals surface area contributed by atoms with Crippen molar-refractivity contribution in [1.29, 1.82) is 0 Å². The number of aromatic nitrogens is 2. The number of carbonyl (C=O) groups excluding carboxylic acids is 2. The van der Waals surface area contributed by atoms with Crippen molar-refractivity contribution in [3.63, 3.8) is 0 Å². The van der Waals surface area contributed by atoms with Crippen LogP contribution in [-0.2, 0) is 16.1 Å². The Bertz CT molecular complexity index is 1080. The predicted molar refractivity (Wildman–Crippen MR) is 102 cm³/mol. The molecule has 1 heterocycles. The molecule has 0 aliphatic heterocycles. The number of nitrogens with one attached hydrogen (secondary N) is 1. The van der Waals surface area contributed by atoms with Gasteiger partial charge in [0, 0.05) is 18.7 Å². The largest absolute Gasteiger partial charge is 0.465 e. The highest BCUT2D eigenvalue weighted by Crippen LogP contribution is 2.21. The zero-order valence-corrected chi connectivity index (χ0v) is 15.2. The summed E-state index contributed by atoms with van der Waals surface area (Å²) in [5, 5.41) is 3.41. The Labute approximate surface area is 159 Å². The number of amides is 1. The Hall–Kier alpha value is -3.19. The molecule has 0 radical (unpaired) electrons. The molecule has 1 N–H and O–H groups in total. The molecule has 7 nitrogen and oxygen atoms in total. The number of benzene rings is 2. The van der Waals surface area contributed by atoms with E-state index < -0.39 is 5.97 Å². The van der Waals surface area contributed by atoms with E-state index in [1.54, 1.807) is 30.3 Å². The van der Waals surface area contributed by atoms with Gasteiger partial charge in [-0.25, -0.2) is 9.78 Å². The standard InChI is InChI=1S/C19H16ClN3O4/c1-27-19(26)14-10-12(6-7-15(14)20)22-17(24)8-9-23-11-21-16-5-3-2-4-13(16)18(23)25/h2-7,10-11H,8-9H2,1H3,(H,22,24). The minimum absolute atomic E-state index is 0.0656. The molecule has 8 heteroatoms. The second-order valence-corrected chi connectivity index (χ2v) is 6.15. The van der Waals surface area contributed by atoms with Gasteiger partial charge in [-0.05, 0) is 30.3 Å². The van der Waals surface area contributed by atoms with E-state index in [2.05, 4.69) is 15.0 Å². The lowest BCUT2D eigenvalue weighted by Crippen LogP contribution is -2.23. The summed E-state index contributed by atoms with van der Waals surface area (Å²) in [4.78, 5) is 40.5. The SMILES string of the molecule is COC(=O)c1cc(NC(=O)CCn2cnc3ccccc3c2=O)ccc1Cl. The summed E-state index contributed by atoms with van der Waals surface area (Å²) in [5.74, 6) is -0.905. The fraction of sp³-hybridized carbons (Fsp3) is 0.158. The summed E-state index contributed by atoms with van der Waals surface area (Å²) in [5.41, 5.74) is 0.980. The van der Waals surface area contributed by atoms with Crippen LogP contribution in [-0.4, -0.2) is 28.5 Å². The van der Waals surface area contributed by atoms with Gasteiger partial charge in [-0.3, -0.25) is 14.2 Å². The summed E-state index contributed by atoms with van der Waals surface area (Å²) >= 11 is 5.95. The smallest absolute Gasteiger partial charge is 0.339 e. The maximum absolute atomic E-state index is 12.4. The molecule has 2 aromatic carbocycles. The highest BCUT2D eigenvalue weighted by atomic mass is 35.5. The van der Waals surface area contributed by atoms with E-state index in [0.29, 0.717) is 16.6 Å². The monoisotopic (exact) mass is 385 g/mol. The maximum Gasteiger partial charge on any atom is 0.339 e. The summed E-state index contributed by atoms with van der Waals surface area (Å²) in [7, 11) is 1.25. The third-order valence-corrected chi connectivity index (χ3v) is 4.30. The highest BCUT2D eigenvalue weighted by molar-refractivity contribution is 6.33. The average Bonchev–Trinajstić information content (AvgIpc) is 2.68. The van der Waals surface area contributed by atoms with Crippen molar-refractivity contribution in [2.24, 2.45) is 0 Å². The average molecular weight is 386 g/mol. The molecule has 0 spiro atoms. The van der Waals surface area contributed by atoms with Crippen LogP contribution in [0.5, 0.6) is 0 Å². The van der Waals surface area contributed by atoms with E-state index in [0.717, 1.165) is 0 Å². The number of para-hydroxylation sites is 1. The van der Waals surface area contributed by atoms with Gasteiger partial charge in [-0.1, -0.05) is 23.7 Å². The summed E-state index contributed by atoms with van der Waals surface area (Å²) < 4.78 is 6.04. The van der Waals surface area contributed by atoms with Gasteiger partial charge in [0.1, 0.15) is 0 Å². The zero-order chi connectivity index (χ0) is 19.4. The number of anilines is 1. The van der Waals surface area contributed by atoms with Crippen LogP contribution in [0.2, 0.25) is 5.02 Å². The van der Waals surface area contributed by atoms with Gasteiger partial charge in [0.2, 0.25) is 5.91 Å². The predicted octanol–water partition coefficient (Wildman–Crippen LogP) is 2.87. The fourth-order valence-electron chi connectivity index (χ4n) is 2.58. The van der Waals surface area contributed by atoms with Crippen LogP contribution in [0.1, 0.15) is 16.8 Å². The van der Waals surface area contributed by atoms with Crippen LogP contribution in [0.15, 0.2) is 53.6 Å². The minimum atomic E-state index is -0.593. The molecule has 0 saturated heterocycles. The van der Waals surface area contributed by atoms with Crippen molar-refractivity contribution >= 4 is 40.1 Å². The third kappa shape index (κ3) is 4.15. The van der Waals surface area contributed by atoms with Crippen LogP contribution >= 0.6 is 11.6 Å². The first-order valence-electron chi connectivity index (χ1n) is 8.11. The Morgan fingerprint density at radius 3 is 2.78 bits per heavy atom. The third-order valence-electron chi connectivity index (χ3n) is 3.97.